The summed E-state index contributed by atoms with van der Waals surface area (Å²) < 4.78 is 5.86. The summed E-state index contributed by atoms with van der Waals surface area (Å²) in [5, 5.41) is 8.84. The van der Waals surface area contributed by atoms with E-state index in [1.54, 1.807) is 9.80 Å². The van der Waals surface area contributed by atoms with Gasteiger partial charge in [0.25, 0.3) is 5.91 Å². The lowest BCUT2D eigenvalue weighted by Crippen LogP contribution is -2.63. The Hall–Kier alpha value is -3.22. The summed E-state index contributed by atoms with van der Waals surface area (Å²) in [7, 11) is 0. The van der Waals surface area contributed by atoms with Crippen molar-refractivity contribution in [1.29, 1.82) is 0 Å². The molecule has 0 aromatic heterocycles. The maximum absolute atomic E-state index is 14.8. The molecule has 13 heteroatoms. The molecule has 5 rings (SSSR count). The minimum Gasteiger partial charge on any atom is -0.372 e. The lowest BCUT2D eigenvalue weighted by atomic mass is 9.61. The van der Waals surface area contributed by atoms with Crippen LogP contribution in [0.25, 0.3) is 0 Å². The average Bonchev–Trinajstić information content (AvgIpc) is 3.51. The second-order valence-corrected chi connectivity index (χ2v) is 19.4. The first-order valence-electron chi connectivity index (χ1n) is 20.7. The van der Waals surface area contributed by atoms with E-state index in [0.29, 0.717) is 45.0 Å². The number of urea groups is 1. The fraction of sp³-hybridized carbons (Fsp3) is 0.854. The Labute approximate surface area is 322 Å². The molecule has 6 amide bonds. The van der Waals surface area contributed by atoms with Gasteiger partial charge in [0.2, 0.25) is 23.5 Å². The lowest BCUT2D eigenvalue weighted by Gasteiger charge is -2.44. The van der Waals surface area contributed by atoms with Crippen LogP contribution in [-0.4, -0.2) is 101 Å². The summed E-state index contributed by atoms with van der Waals surface area (Å²) in [6.07, 6.45) is 11.7. The quantitative estimate of drug-likeness (QED) is 0.205. The van der Waals surface area contributed by atoms with Crippen LogP contribution in [0.3, 0.4) is 0 Å². The Bertz CT molecular complexity index is 1410. The second-order valence-electron chi connectivity index (χ2n) is 19.4. The fourth-order valence-electron chi connectivity index (χ4n) is 9.46. The number of nitrogens with two attached hydrogens (primary N) is 1. The molecule has 3 saturated carbocycles. The van der Waals surface area contributed by atoms with Crippen LogP contribution < -0.4 is 21.7 Å². The molecule has 2 unspecified atom stereocenters. The zero-order chi connectivity index (χ0) is 39.6. The van der Waals surface area contributed by atoms with Crippen molar-refractivity contribution in [2.75, 3.05) is 26.2 Å². The molecule has 0 aromatic carbocycles. The van der Waals surface area contributed by atoms with Crippen molar-refractivity contribution in [1.82, 2.24) is 25.8 Å². The fourth-order valence-corrected chi connectivity index (χ4v) is 9.46. The number of carbonyl (C=O) groups excluding carboxylic acids is 6. The lowest BCUT2D eigenvalue weighted by molar-refractivity contribution is -0.149. The molecule has 5 N–H and O–H groups in total. The van der Waals surface area contributed by atoms with Crippen LogP contribution >= 0.6 is 0 Å². The SMILES string of the molecule is CC1(C)CN(C(=O)[C@@H](NC(=O)N[C@@H](C(=O)N2CC(C(C)(C)C3CCC3)C[C@H]2C(=O)NC(CC2CCC2)C(=O)C(N)=O)C(C)(C)C)C2CCCCC2)CCO1. The highest BCUT2D eigenvalue weighted by Crippen LogP contribution is 2.50. The van der Waals surface area contributed by atoms with E-state index in [-0.39, 0.29) is 29.1 Å². The first-order valence-corrected chi connectivity index (χ1v) is 20.7. The normalized spacial score (nSPS) is 25.8. The van der Waals surface area contributed by atoms with Crippen LogP contribution in [0.1, 0.15) is 132 Å². The van der Waals surface area contributed by atoms with Crippen molar-refractivity contribution in [3.63, 3.8) is 0 Å². The van der Waals surface area contributed by atoms with Crippen molar-refractivity contribution in [3.05, 3.63) is 0 Å². The third-order valence-corrected chi connectivity index (χ3v) is 13.6. The third kappa shape index (κ3) is 9.77. The summed E-state index contributed by atoms with van der Waals surface area (Å²) in [6, 6.07) is -4.32. The second kappa shape index (κ2) is 16.9. The molecule has 54 heavy (non-hydrogen) atoms. The number of primary amides is 1. The summed E-state index contributed by atoms with van der Waals surface area (Å²) in [5.41, 5.74) is 4.02. The van der Waals surface area contributed by atoms with Crippen LogP contribution in [0.4, 0.5) is 4.79 Å². The van der Waals surface area contributed by atoms with Crippen molar-refractivity contribution >= 4 is 35.4 Å². The molecule has 2 aliphatic heterocycles. The molecule has 2 saturated heterocycles. The van der Waals surface area contributed by atoms with Crippen LogP contribution in [0, 0.1) is 34.5 Å². The summed E-state index contributed by atoms with van der Waals surface area (Å²) >= 11 is 0. The van der Waals surface area contributed by atoms with Crippen LogP contribution in [0.2, 0.25) is 0 Å². The molecule has 5 fully saturated rings. The van der Waals surface area contributed by atoms with E-state index in [4.69, 9.17) is 10.5 Å². The minimum absolute atomic E-state index is 0.0000505. The molecule has 5 aliphatic rings. The molecular formula is C41H68N6O7. The third-order valence-electron chi connectivity index (χ3n) is 13.6. The van der Waals surface area contributed by atoms with E-state index in [9.17, 15) is 28.8 Å². The molecule has 2 heterocycles. The van der Waals surface area contributed by atoms with E-state index >= 15 is 0 Å². The Morgan fingerprint density at radius 1 is 0.815 bits per heavy atom. The van der Waals surface area contributed by atoms with Gasteiger partial charge in [-0.25, -0.2) is 4.79 Å². The number of carbonyl (C=O) groups is 6. The molecule has 13 nitrogen and oxygen atoms in total. The minimum atomic E-state index is -1.09. The molecule has 0 bridgehead atoms. The molecular weight excluding hydrogens is 688 g/mol. The zero-order valence-electron chi connectivity index (χ0n) is 34.0. The van der Waals surface area contributed by atoms with Gasteiger partial charge in [0.05, 0.1) is 18.2 Å². The van der Waals surface area contributed by atoms with Crippen LogP contribution in [0.5, 0.6) is 0 Å². The number of amides is 6. The highest BCUT2D eigenvalue weighted by molar-refractivity contribution is 6.37. The van der Waals surface area contributed by atoms with Crippen LogP contribution in [-0.2, 0) is 28.7 Å². The monoisotopic (exact) mass is 757 g/mol. The van der Waals surface area contributed by atoms with Gasteiger partial charge in [0.1, 0.15) is 18.1 Å². The van der Waals surface area contributed by atoms with Crippen LogP contribution in [0.15, 0.2) is 0 Å². The number of ether oxygens (including phenoxy) is 1. The predicted octanol–water partition coefficient (Wildman–Crippen LogP) is 4.06. The molecule has 3 aliphatic carbocycles. The van der Waals surface area contributed by atoms with E-state index in [0.717, 1.165) is 70.6 Å². The van der Waals surface area contributed by atoms with Gasteiger partial charge in [0.15, 0.2) is 0 Å². The Balaban J connectivity index is 1.37. The number of hydrogen-bond donors (Lipinski definition) is 4. The predicted molar refractivity (Wildman–Crippen MR) is 205 cm³/mol. The average molecular weight is 757 g/mol. The van der Waals surface area contributed by atoms with Crippen molar-refractivity contribution in [2.24, 2.45) is 40.2 Å². The van der Waals surface area contributed by atoms with Gasteiger partial charge < -0.3 is 36.2 Å². The van der Waals surface area contributed by atoms with E-state index < -0.39 is 64.7 Å². The number of morpholine rings is 1. The maximum Gasteiger partial charge on any atom is 0.316 e. The summed E-state index contributed by atoms with van der Waals surface area (Å²) in [4.78, 5) is 85.5. The summed E-state index contributed by atoms with van der Waals surface area (Å²) in [5.74, 6) is -2.26. The van der Waals surface area contributed by atoms with Gasteiger partial charge in [-0.3, -0.25) is 24.0 Å². The standard InChI is InChI=1S/C41H68N6O7/c1-39(2,3)33(45-38(53)44-31(26-15-9-8-10-16-26)36(51)46-19-20-54-40(4,5)24-46)37(52)47-23-28(41(6,7)27-17-12-18-27)22-30(47)35(50)43-29(32(48)34(42)49)21-25-13-11-14-25/h25-31,33H,8-24H2,1-7H3,(H2,42,49)(H,43,50)(H2,44,45,53)/t28?,29?,30-,31-,33-/m0/s1. The molecule has 0 aromatic rings. The van der Waals surface area contributed by atoms with Crippen molar-refractivity contribution in [3.8, 4) is 0 Å². The molecule has 0 radical (unpaired) electrons. The number of rotatable bonds is 13. The van der Waals surface area contributed by atoms with Gasteiger partial charge in [-0.2, -0.15) is 0 Å². The first kappa shape index (κ1) is 41.9. The number of ketones is 1. The Kier molecular flexibility index (Phi) is 13.1. The topological polar surface area (TPSA) is 180 Å². The Morgan fingerprint density at radius 2 is 1.46 bits per heavy atom. The number of likely N-dealkylation sites (tertiary alicyclic amines) is 1. The Morgan fingerprint density at radius 3 is 2.00 bits per heavy atom. The number of nitrogens with one attached hydrogen (secondary N) is 3. The van der Waals surface area contributed by atoms with Gasteiger partial charge in [-0.1, -0.05) is 79.6 Å². The van der Waals surface area contributed by atoms with E-state index in [1.807, 2.05) is 34.6 Å². The smallest absolute Gasteiger partial charge is 0.316 e. The van der Waals surface area contributed by atoms with Gasteiger partial charge >= 0.3 is 6.03 Å². The van der Waals surface area contributed by atoms with Gasteiger partial charge in [-0.05, 0) is 86.9 Å². The molecule has 304 valence electrons. The first-order chi connectivity index (χ1) is 25.3. The number of hydrogen-bond acceptors (Lipinski definition) is 7. The zero-order valence-corrected chi connectivity index (χ0v) is 34.0. The van der Waals surface area contributed by atoms with Gasteiger partial charge in [0, 0.05) is 19.6 Å². The highest BCUT2D eigenvalue weighted by Gasteiger charge is 2.51. The number of nitrogens with zero attached hydrogens (tertiary/aromatic N) is 2. The van der Waals surface area contributed by atoms with E-state index in [1.165, 1.54) is 0 Å². The van der Waals surface area contributed by atoms with E-state index in [2.05, 4.69) is 29.8 Å². The largest absolute Gasteiger partial charge is 0.372 e. The summed E-state index contributed by atoms with van der Waals surface area (Å²) in [6.45, 7) is 15.6. The van der Waals surface area contributed by atoms with Crippen molar-refractivity contribution < 1.29 is 33.5 Å². The highest BCUT2D eigenvalue weighted by atomic mass is 16.5. The van der Waals surface area contributed by atoms with Crippen molar-refractivity contribution in [2.45, 2.75) is 162 Å². The number of Topliss-reactive ketones (excluding diaryl/α,β-unsaturated/α-hetero) is 1. The molecule has 5 atom stereocenters. The molecule has 0 spiro atoms. The maximum atomic E-state index is 14.8. The van der Waals surface area contributed by atoms with Gasteiger partial charge in [-0.15, -0.1) is 0 Å².